The molecule has 160 valence electrons. The Hall–Kier alpha value is -2.59. The van der Waals surface area contributed by atoms with Gasteiger partial charge in [-0.25, -0.2) is 0 Å². The van der Waals surface area contributed by atoms with Crippen molar-refractivity contribution in [2.75, 3.05) is 27.3 Å². The van der Waals surface area contributed by atoms with Crippen LogP contribution in [0.15, 0.2) is 34.1 Å². The van der Waals surface area contributed by atoms with Gasteiger partial charge in [0.25, 0.3) is 11.8 Å². The highest BCUT2D eigenvalue weighted by molar-refractivity contribution is 9.11. The van der Waals surface area contributed by atoms with Gasteiger partial charge in [-0.15, -0.1) is 11.3 Å². The van der Waals surface area contributed by atoms with Gasteiger partial charge < -0.3 is 14.4 Å². The maximum Gasteiger partial charge on any atom is 0.279 e. The fourth-order valence-corrected chi connectivity index (χ4v) is 4.46. The number of hydrogen-bond donors (Lipinski definition) is 2. The summed E-state index contributed by atoms with van der Waals surface area (Å²) in [5, 5.41) is 0. The van der Waals surface area contributed by atoms with Crippen molar-refractivity contribution in [2.24, 2.45) is 5.92 Å². The van der Waals surface area contributed by atoms with Gasteiger partial charge in [-0.05, 0) is 53.0 Å². The van der Waals surface area contributed by atoms with Gasteiger partial charge in [0.05, 0.1) is 22.9 Å². The van der Waals surface area contributed by atoms with Gasteiger partial charge in [0.2, 0.25) is 5.91 Å². The minimum Gasteiger partial charge on any atom is -0.497 e. The van der Waals surface area contributed by atoms with Crippen LogP contribution in [-0.2, 0) is 4.79 Å². The molecule has 30 heavy (non-hydrogen) atoms. The number of nitrogens with one attached hydrogen (secondary N) is 2. The summed E-state index contributed by atoms with van der Waals surface area (Å²) in [5.41, 5.74) is 5.39. The van der Waals surface area contributed by atoms with Gasteiger partial charge in [-0.3, -0.25) is 25.2 Å². The summed E-state index contributed by atoms with van der Waals surface area (Å²) < 4.78 is 11.3. The second-order valence-electron chi connectivity index (χ2n) is 6.71. The standard InChI is InChI=1S/C20H22BrN3O5S/c1-28-14-9-13(10-15(11-14)29-2)20(27)24-7-5-12(6-8-24)18(25)22-23-19(26)16-3-4-17(21)30-16/h3-4,9-12H,5-8H2,1-2H3,(H,22,25)(H,23,26). The molecule has 2 heterocycles. The Morgan fingerprint density at radius 2 is 1.67 bits per heavy atom. The molecule has 0 bridgehead atoms. The summed E-state index contributed by atoms with van der Waals surface area (Å²) in [7, 11) is 3.06. The molecule has 0 radical (unpaired) electrons. The second-order valence-corrected chi connectivity index (χ2v) is 9.18. The van der Waals surface area contributed by atoms with Crippen LogP contribution in [0.5, 0.6) is 11.5 Å². The Morgan fingerprint density at radius 1 is 1.03 bits per heavy atom. The molecule has 0 spiro atoms. The SMILES string of the molecule is COc1cc(OC)cc(C(=O)N2CCC(C(=O)NNC(=O)c3ccc(Br)s3)CC2)c1. The average molecular weight is 496 g/mol. The van der Waals surface area contributed by atoms with Gasteiger partial charge in [0.1, 0.15) is 11.5 Å². The molecule has 0 unspecified atom stereocenters. The largest absolute Gasteiger partial charge is 0.497 e. The number of halogens is 1. The summed E-state index contributed by atoms with van der Waals surface area (Å²) in [5.74, 6) is 0.0561. The normalized spacial score (nSPS) is 14.2. The predicted octanol–water partition coefficient (Wildman–Crippen LogP) is 2.84. The number of likely N-dealkylation sites (tertiary alicyclic amines) is 1. The number of carbonyl (C=O) groups excluding carboxylic acids is 3. The number of rotatable bonds is 5. The Labute approximate surface area is 186 Å². The van der Waals surface area contributed by atoms with Crippen LogP contribution in [-0.4, -0.2) is 49.9 Å². The van der Waals surface area contributed by atoms with E-state index in [0.717, 1.165) is 3.79 Å². The third kappa shape index (κ3) is 5.31. The van der Waals surface area contributed by atoms with E-state index in [9.17, 15) is 14.4 Å². The molecule has 1 aromatic heterocycles. The minimum atomic E-state index is -0.362. The number of hydrazine groups is 1. The summed E-state index contributed by atoms with van der Waals surface area (Å²) in [6, 6.07) is 8.49. The van der Waals surface area contributed by atoms with Crippen molar-refractivity contribution in [1.29, 1.82) is 0 Å². The molecule has 1 saturated heterocycles. The lowest BCUT2D eigenvalue weighted by molar-refractivity contribution is -0.127. The first-order valence-electron chi connectivity index (χ1n) is 9.29. The minimum absolute atomic E-state index is 0.136. The van der Waals surface area contributed by atoms with E-state index in [2.05, 4.69) is 26.8 Å². The van der Waals surface area contributed by atoms with Crippen LogP contribution >= 0.6 is 27.3 Å². The van der Waals surface area contributed by atoms with E-state index in [1.165, 1.54) is 25.6 Å². The average Bonchev–Trinajstić information content (AvgIpc) is 3.22. The lowest BCUT2D eigenvalue weighted by atomic mass is 9.95. The molecule has 1 aromatic carbocycles. The topological polar surface area (TPSA) is 97.0 Å². The van der Waals surface area contributed by atoms with Gasteiger partial charge in [0.15, 0.2) is 0 Å². The van der Waals surface area contributed by atoms with E-state index < -0.39 is 0 Å². The summed E-state index contributed by atoms with van der Waals surface area (Å²) in [6.45, 7) is 0.893. The van der Waals surface area contributed by atoms with Crippen molar-refractivity contribution in [1.82, 2.24) is 15.8 Å². The summed E-state index contributed by atoms with van der Waals surface area (Å²) in [4.78, 5) is 39.5. The molecule has 8 nitrogen and oxygen atoms in total. The number of ether oxygens (including phenoxy) is 2. The number of piperidine rings is 1. The van der Waals surface area contributed by atoms with Crippen LogP contribution in [0, 0.1) is 5.92 Å². The Balaban J connectivity index is 1.52. The van der Waals surface area contributed by atoms with Crippen molar-refractivity contribution >= 4 is 45.0 Å². The van der Waals surface area contributed by atoms with Crippen molar-refractivity contribution in [2.45, 2.75) is 12.8 Å². The predicted molar refractivity (Wildman–Crippen MR) is 116 cm³/mol. The van der Waals surface area contributed by atoms with Crippen LogP contribution in [0.3, 0.4) is 0 Å². The number of amides is 3. The maximum atomic E-state index is 12.8. The molecule has 0 aliphatic carbocycles. The number of nitrogens with zero attached hydrogens (tertiary/aromatic N) is 1. The highest BCUT2D eigenvalue weighted by atomic mass is 79.9. The van der Waals surface area contributed by atoms with E-state index in [1.54, 1.807) is 35.2 Å². The van der Waals surface area contributed by atoms with Crippen LogP contribution in [0.1, 0.15) is 32.9 Å². The molecular formula is C20H22BrN3O5S. The number of thiophene rings is 1. The van der Waals surface area contributed by atoms with E-state index in [4.69, 9.17) is 9.47 Å². The first-order valence-corrected chi connectivity index (χ1v) is 10.9. The van der Waals surface area contributed by atoms with E-state index in [0.29, 0.717) is 47.9 Å². The summed E-state index contributed by atoms with van der Waals surface area (Å²) in [6.07, 6.45) is 1.03. The molecule has 0 atom stereocenters. The zero-order valence-corrected chi connectivity index (χ0v) is 19.0. The molecule has 10 heteroatoms. The molecule has 2 N–H and O–H groups in total. The Morgan fingerprint density at radius 3 is 2.20 bits per heavy atom. The van der Waals surface area contributed by atoms with E-state index in [1.807, 2.05) is 0 Å². The molecule has 3 amide bonds. The van der Waals surface area contributed by atoms with Crippen LogP contribution in [0.2, 0.25) is 0 Å². The Bertz CT molecular complexity index is 918. The second kappa shape index (κ2) is 9.94. The van der Waals surface area contributed by atoms with Crippen LogP contribution in [0.4, 0.5) is 0 Å². The lowest BCUT2D eigenvalue weighted by Crippen LogP contribution is -2.48. The Kier molecular flexibility index (Phi) is 7.33. The van der Waals surface area contributed by atoms with Gasteiger partial charge in [0, 0.05) is 30.6 Å². The van der Waals surface area contributed by atoms with Crippen LogP contribution < -0.4 is 20.3 Å². The zero-order chi connectivity index (χ0) is 21.7. The quantitative estimate of drug-likeness (QED) is 0.621. The number of benzene rings is 1. The third-order valence-corrected chi connectivity index (χ3v) is 6.47. The molecular weight excluding hydrogens is 474 g/mol. The first-order chi connectivity index (χ1) is 14.4. The third-order valence-electron chi connectivity index (χ3n) is 4.85. The lowest BCUT2D eigenvalue weighted by Gasteiger charge is -2.31. The van der Waals surface area contributed by atoms with E-state index in [-0.39, 0.29) is 23.6 Å². The summed E-state index contributed by atoms with van der Waals surface area (Å²) >= 11 is 4.58. The highest BCUT2D eigenvalue weighted by Crippen LogP contribution is 2.25. The highest BCUT2D eigenvalue weighted by Gasteiger charge is 2.28. The van der Waals surface area contributed by atoms with Crippen molar-refractivity contribution in [3.05, 3.63) is 44.6 Å². The van der Waals surface area contributed by atoms with Crippen LogP contribution in [0.25, 0.3) is 0 Å². The van der Waals surface area contributed by atoms with Crippen molar-refractivity contribution in [3.8, 4) is 11.5 Å². The fraction of sp³-hybridized carbons (Fsp3) is 0.350. The zero-order valence-electron chi connectivity index (χ0n) is 16.6. The van der Waals surface area contributed by atoms with Crippen molar-refractivity contribution < 1.29 is 23.9 Å². The van der Waals surface area contributed by atoms with Gasteiger partial charge in [-0.2, -0.15) is 0 Å². The molecule has 1 fully saturated rings. The van der Waals surface area contributed by atoms with E-state index >= 15 is 0 Å². The van der Waals surface area contributed by atoms with Crippen molar-refractivity contribution in [3.63, 3.8) is 0 Å². The van der Waals surface area contributed by atoms with Gasteiger partial charge >= 0.3 is 0 Å². The number of methoxy groups -OCH3 is 2. The molecule has 3 rings (SSSR count). The number of carbonyl (C=O) groups is 3. The van der Waals surface area contributed by atoms with Gasteiger partial charge in [-0.1, -0.05) is 0 Å². The monoisotopic (exact) mass is 495 g/mol. The first kappa shape index (κ1) is 22.1. The fourth-order valence-electron chi connectivity index (χ4n) is 3.18. The molecule has 1 aliphatic heterocycles. The smallest absolute Gasteiger partial charge is 0.279 e. The molecule has 0 saturated carbocycles. The maximum absolute atomic E-state index is 12.8. The molecule has 1 aliphatic rings. The molecule has 2 aromatic rings. The number of hydrogen-bond acceptors (Lipinski definition) is 6.